The van der Waals surface area contributed by atoms with Gasteiger partial charge in [-0.15, -0.1) is 4.98 Å². The average Bonchev–Trinajstić information content (AvgIpc) is 3.29. The molecule has 3 fully saturated rings. The van der Waals surface area contributed by atoms with E-state index in [9.17, 15) is 4.79 Å². The summed E-state index contributed by atoms with van der Waals surface area (Å²) in [5.41, 5.74) is 0. The largest absolute Gasteiger partial charge is 0.467 e. The van der Waals surface area contributed by atoms with Crippen molar-refractivity contribution in [1.82, 2.24) is 19.9 Å². The number of aromatic nitrogens is 3. The molecule has 2 unspecified atom stereocenters. The van der Waals surface area contributed by atoms with Gasteiger partial charge in [0.15, 0.2) is 0 Å². The molecule has 1 aliphatic carbocycles. The normalized spacial score (nSPS) is 26.1. The molecule has 0 bridgehead atoms. The second-order valence-corrected chi connectivity index (χ2v) is 7.56. The van der Waals surface area contributed by atoms with E-state index in [0.29, 0.717) is 11.9 Å². The first-order chi connectivity index (χ1) is 12.7. The molecule has 1 amide bonds. The van der Waals surface area contributed by atoms with E-state index in [1.807, 2.05) is 0 Å². The summed E-state index contributed by atoms with van der Waals surface area (Å²) in [6.45, 7) is 3.47. The molecule has 26 heavy (non-hydrogen) atoms. The number of carbonyl (C=O) groups is 1. The van der Waals surface area contributed by atoms with Gasteiger partial charge in [0.05, 0.1) is 14.2 Å². The van der Waals surface area contributed by atoms with Gasteiger partial charge >= 0.3 is 12.0 Å². The average molecular weight is 361 g/mol. The van der Waals surface area contributed by atoms with Crippen molar-refractivity contribution in [2.24, 2.45) is 17.8 Å². The zero-order chi connectivity index (χ0) is 18.1. The second kappa shape index (κ2) is 7.25. The summed E-state index contributed by atoms with van der Waals surface area (Å²) in [5.74, 6) is 2.53. The predicted octanol–water partition coefficient (Wildman–Crippen LogP) is 1.36. The standard InChI is InChI=1S/C18H27N5O3/c1-25-17-19-16(20-18(21-17)26-2)22-8-6-12(7-9-22)15(24)23-10-13-4-3-5-14(13)11-23/h12-14H,3-11H2,1-2H3. The Hall–Kier alpha value is -2.12. The Balaban J connectivity index is 1.36. The minimum absolute atomic E-state index is 0.121. The molecular formula is C18H27N5O3. The second-order valence-electron chi connectivity index (χ2n) is 7.56. The van der Waals surface area contributed by atoms with Crippen LogP contribution in [0.15, 0.2) is 0 Å². The van der Waals surface area contributed by atoms with Gasteiger partial charge in [0.25, 0.3) is 0 Å². The lowest BCUT2D eigenvalue weighted by Crippen LogP contribution is -2.42. The van der Waals surface area contributed by atoms with E-state index in [4.69, 9.17) is 9.47 Å². The van der Waals surface area contributed by atoms with Gasteiger partial charge in [0.2, 0.25) is 11.9 Å². The third kappa shape index (κ3) is 3.29. The number of amides is 1. The highest BCUT2D eigenvalue weighted by molar-refractivity contribution is 5.79. The summed E-state index contributed by atoms with van der Waals surface area (Å²) < 4.78 is 10.2. The lowest BCUT2D eigenvalue weighted by molar-refractivity contribution is -0.135. The Bertz CT molecular complexity index is 628. The first kappa shape index (κ1) is 17.3. The molecule has 1 saturated carbocycles. The van der Waals surface area contributed by atoms with Gasteiger partial charge in [-0.25, -0.2) is 0 Å². The first-order valence-electron chi connectivity index (χ1n) is 9.55. The van der Waals surface area contributed by atoms with Crippen LogP contribution < -0.4 is 14.4 Å². The molecular weight excluding hydrogens is 334 g/mol. The van der Waals surface area contributed by atoms with Gasteiger partial charge in [0, 0.05) is 32.1 Å². The van der Waals surface area contributed by atoms with E-state index < -0.39 is 0 Å². The van der Waals surface area contributed by atoms with Crippen molar-refractivity contribution >= 4 is 11.9 Å². The molecule has 2 aliphatic heterocycles. The predicted molar refractivity (Wildman–Crippen MR) is 95.3 cm³/mol. The molecule has 0 radical (unpaired) electrons. The number of likely N-dealkylation sites (tertiary alicyclic amines) is 1. The quantitative estimate of drug-likeness (QED) is 0.801. The van der Waals surface area contributed by atoms with E-state index in [1.54, 1.807) is 0 Å². The number of rotatable bonds is 4. The van der Waals surface area contributed by atoms with Crippen molar-refractivity contribution in [2.75, 3.05) is 45.3 Å². The molecule has 2 saturated heterocycles. The van der Waals surface area contributed by atoms with E-state index in [-0.39, 0.29) is 17.9 Å². The molecule has 3 heterocycles. The SMILES string of the molecule is COc1nc(OC)nc(N2CCC(C(=O)N3CC4CCCC4C3)CC2)n1. The van der Waals surface area contributed by atoms with Gasteiger partial charge in [-0.3, -0.25) is 4.79 Å². The molecule has 0 N–H and O–H groups in total. The smallest absolute Gasteiger partial charge is 0.324 e. The summed E-state index contributed by atoms with van der Waals surface area (Å²) in [4.78, 5) is 29.8. The Morgan fingerprint density at radius 1 is 0.923 bits per heavy atom. The minimum atomic E-state index is 0.121. The Labute approximate surface area is 153 Å². The number of piperidine rings is 1. The number of fused-ring (bicyclic) bond motifs is 1. The molecule has 142 valence electrons. The summed E-state index contributed by atoms with van der Waals surface area (Å²) in [5, 5.41) is 0. The number of anilines is 1. The molecule has 2 atom stereocenters. The van der Waals surface area contributed by atoms with Crippen molar-refractivity contribution in [1.29, 1.82) is 0 Å². The summed E-state index contributed by atoms with van der Waals surface area (Å²) in [6, 6.07) is 0.488. The van der Waals surface area contributed by atoms with Crippen molar-refractivity contribution in [3.05, 3.63) is 0 Å². The number of hydrogen-bond acceptors (Lipinski definition) is 7. The van der Waals surface area contributed by atoms with Gasteiger partial charge in [0.1, 0.15) is 0 Å². The van der Waals surface area contributed by atoms with Crippen LogP contribution in [0, 0.1) is 17.8 Å². The van der Waals surface area contributed by atoms with Crippen molar-refractivity contribution in [3.8, 4) is 12.0 Å². The zero-order valence-corrected chi connectivity index (χ0v) is 15.6. The van der Waals surface area contributed by atoms with Gasteiger partial charge in [-0.2, -0.15) is 9.97 Å². The van der Waals surface area contributed by atoms with Gasteiger partial charge in [-0.1, -0.05) is 6.42 Å². The summed E-state index contributed by atoms with van der Waals surface area (Å²) in [7, 11) is 3.05. The van der Waals surface area contributed by atoms with Crippen LogP contribution in [0.25, 0.3) is 0 Å². The van der Waals surface area contributed by atoms with Crippen LogP contribution >= 0.6 is 0 Å². The maximum absolute atomic E-state index is 12.9. The Morgan fingerprint density at radius 2 is 1.50 bits per heavy atom. The zero-order valence-electron chi connectivity index (χ0n) is 15.6. The fourth-order valence-electron chi connectivity index (χ4n) is 4.65. The number of carbonyl (C=O) groups excluding carboxylic acids is 1. The van der Waals surface area contributed by atoms with Crippen LogP contribution in [0.2, 0.25) is 0 Å². The molecule has 4 rings (SSSR count). The van der Waals surface area contributed by atoms with Crippen LogP contribution in [-0.2, 0) is 4.79 Å². The third-order valence-electron chi connectivity index (χ3n) is 6.11. The molecule has 8 nitrogen and oxygen atoms in total. The molecule has 1 aromatic rings. The number of nitrogens with zero attached hydrogens (tertiary/aromatic N) is 5. The summed E-state index contributed by atoms with van der Waals surface area (Å²) >= 11 is 0. The van der Waals surface area contributed by atoms with Crippen LogP contribution in [0.1, 0.15) is 32.1 Å². The highest BCUT2D eigenvalue weighted by Crippen LogP contribution is 2.38. The summed E-state index contributed by atoms with van der Waals surface area (Å²) in [6.07, 6.45) is 5.61. The number of methoxy groups -OCH3 is 2. The van der Waals surface area contributed by atoms with Crippen LogP contribution in [-0.4, -0.2) is 66.2 Å². The van der Waals surface area contributed by atoms with Crippen LogP contribution in [0.5, 0.6) is 12.0 Å². The van der Waals surface area contributed by atoms with Gasteiger partial charge < -0.3 is 19.3 Å². The number of ether oxygens (including phenoxy) is 2. The maximum Gasteiger partial charge on any atom is 0.324 e. The maximum atomic E-state index is 12.9. The monoisotopic (exact) mass is 361 g/mol. The van der Waals surface area contributed by atoms with E-state index >= 15 is 0 Å². The van der Waals surface area contributed by atoms with E-state index in [1.165, 1.54) is 33.5 Å². The lowest BCUT2D eigenvalue weighted by atomic mass is 9.95. The fraction of sp³-hybridized carbons (Fsp3) is 0.778. The van der Waals surface area contributed by atoms with E-state index in [0.717, 1.165) is 50.9 Å². The minimum Gasteiger partial charge on any atom is -0.467 e. The third-order valence-corrected chi connectivity index (χ3v) is 6.11. The molecule has 3 aliphatic rings. The Kier molecular flexibility index (Phi) is 4.82. The molecule has 1 aromatic heterocycles. The molecule has 0 aromatic carbocycles. The highest BCUT2D eigenvalue weighted by Gasteiger charge is 2.40. The fourth-order valence-corrected chi connectivity index (χ4v) is 4.65. The number of hydrogen-bond donors (Lipinski definition) is 0. The Morgan fingerprint density at radius 3 is 2.04 bits per heavy atom. The van der Waals surface area contributed by atoms with Crippen LogP contribution in [0.3, 0.4) is 0 Å². The van der Waals surface area contributed by atoms with Crippen molar-refractivity contribution in [2.45, 2.75) is 32.1 Å². The molecule has 8 heteroatoms. The van der Waals surface area contributed by atoms with Gasteiger partial charge in [-0.05, 0) is 37.5 Å². The molecule has 0 spiro atoms. The highest BCUT2D eigenvalue weighted by atomic mass is 16.5. The van der Waals surface area contributed by atoms with Crippen LogP contribution in [0.4, 0.5) is 5.95 Å². The van der Waals surface area contributed by atoms with E-state index in [2.05, 4.69) is 24.8 Å². The van der Waals surface area contributed by atoms with Crippen molar-refractivity contribution in [3.63, 3.8) is 0 Å². The van der Waals surface area contributed by atoms with Crippen molar-refractivity contribution < 1.29 is 14.3 Å². The lowest BCUT2D eigenvalue weighted by Gasteiger charge is -2.33. The topological polar surface area (TPSA) is 80.7 Å². The first-order valence-corrected chi connectivity index (χ1v) is 9.55.